The number of benzene rings is 1. The number of aromatic amines is 1. The van der Waals surface area contributed by atoms with Crippen molar-refractivity contribution in [3.8, 4) is 11.1 Å². The number of carbonyl (C=O) groups is 2. The number of hydrogen-bond acceptors (Lipinski definition) is 5. The fourth-order valence-corrected chi connectivity index (χ4v) is 4.02. The number of aromatic nitrogens is 4. The van der Waals surface area contributed by atoms with Crippen molar-refractivity contribution in [2.75, 3.05) is 5.32 Å². The maximum absolute atomic E-state index is 12.9. The summed E-state index contributed by atoms with van der Waals surface area (Å²) in [5, 5.41) is 13.6. The highest BCUT2D eigenvalue weighted by Gasteiger charge is 2.19. The summed E-state index contributed by atoms with van der Waals surface area (Å²) in [5.74, 6) is -0.541. The first-order valence-corrected chi connectivity index (χ1v) is 10.6. The van der Waals surface area contributed by atoms with Crippen molar-refractivity contribution in [3.05, 3.63) is 72.4 Å². The van der Waals surface area contributed by atoms with Crippen LogP contribution < -0.4 is 10.6 Å². The number of nitrogens with zero attached hydrogens (tertiary/aromatic N) is 3. The summed E-state index contributed by atoms with van der Waals surface area (Å²) in [5.41, 5.74) is 3.78. The molecule has 0 saturated heterocycles. The quantitative estimate of drug-likeness (QED) is 0.447. The molecule has 1 aromatic carbocycles. The van der Waals surface area contributed by atoms with E-state index < -0.39 is 0 Å². The van der Waals surface area contributed by atoms with Gasteiger partial charge in [-0.05, 0) is 48.7 Å². The molecule has 3 aromatic heterocycles. The van der Waals surface area contributed by atoms with Crippen molar-refractivity contribution in [1.82, 2.24) is 25.5 Å². The number of pyridine rings is 2. The van der Waals surface area contributed by atoms with E-state index in [1.165, 1.54) is 6.20 Å². The molecule has 4 aromatic rings. The number of anilines is 1. The number of amides is 2. The molecule has 0 bridgehead atoms. The van der Waals surface area contributed by atoms with E-state index in [0.717, 1.165) is 42.3 Å². The number of fused-ring (bicyclic) bond motifs is 1. The molecule has 32 heavy (non-hydrogen) atoms. The van der Waals surface area contributed by atoms with E-state index in [-0.39, 0.29) is 23.6 Å². The standard InChI is InChI=1S/C24H22N6O2/c31-23(27-17-5-1-2-6-17)21-10-8-18(14-26-21)28-24(32)22-19-12-15(7-9-20(19)29-30-22)16-4-3-11-25-13-16/h3-4,7-14,17H,1-2,5-6H2,(H,27,31)(H,28,32)(H,29,30). The fraction of sp³-hybridized carbons (Fsp3) is 0.208. The molecule has 1 aliphatic rings. The molecule has 1 saturated carbocycles. The topological polar surface area (TPSA) is 113 Å². The fourth-order valence-electron chi connectivity index (χ4n) is 4.02. The molecule has 5 rings (SSSR count). The van der Waals surface area contributed by atoms with E-state index in [1.807, 2.05) is 30.3 Å². The van der Waals surface area contributed by atoms with E-state index in [1.54, 1.807) is 24.5 Å². The molecule has 1 aliphatic carbocycles. The van der Waals surface area contributed by atoms with Gasteiger partial charge in [0, 0.05) is 29.4 Å². The van der Waals surface area contributed by atoms with Gasteiger partial charge in [0.15, 0.2) is 5.69 Å². The predicted molar refractivity (Wildman–Crippen MR) is 121 cm³/mol. The molecular formula is C24H22N6O2. The molecule has 160 valence electrons. The monoisotopic (exact) mass is 426 g/mol. The molecule has 3 N–H and O–H groups in total. The third-order valence-electron chi connectivity index (χ3n) is 5.72. The Morgan fingerprint density at radius 2 is 1.84 bits per heavy atom. The lowest BCUT2D eigenvalue weighted by Gasteiger charge is -2.11. The third kappa shape index (κ3) is 4.07. The largest absolute Gasteiger partial charge is 0.348 e. The highest BCUT2D eigenvalue weighted by atomic mass is 16.2. The maximum atomic E-state index is 12.9. The Hall–Kier alpha value is -4.07. The molecule has 8 nitrogen and oxygen atoms in total. The Kier molecular flexibility index (Phi) is 5.33. The van der Waals surface area contributed by atoms with Crippen LogP contribution in [0, 0.1) is 0 Å². The van der Waals surface area contributed by atoms with Crippen LogP contribution in [0.3, 0.4) is 0 Å². The zero-order chi connectivity index (χ0) is 21.9. The minimum atomic E-state index is -0.357. The van der Waals surface area contributed by atoms with Gasteiger partial charge < -0.3 is 10.6 Å². The molecule has 0 spiro atoms. The second-order valence-electron chi connectivity index (χ2n) is 7.92. The third-order valence-corrected chi connectivity index (χ3v) is 5.72. The zero-order valence-corrected chi connectivity index (χ0v) is 17.3. The highest BCUT2D eigenvalue weighted by Crippen LogP contribution is 2.25. The van der Waals surface area contributed by atoms with Crippen molar-refractivity contribution in [1.29, 1.82) is 0 Å². The number of rotatable bonds is 5. The van der Waals surface area contributed by atoms with Crippen LogP contribution in [0.1, 0.15) is 46.7 Å². The molecule has 1 fully saturated rings. The van der Waals surface area contributed by atoms with Crippen LogP contribution in [-0.2, 0) is 0 Å². The van der Waals surface area contributed by atoms with E-state index >= 15 is 0 Å². The first-order chi connectivity index (χ1) is 15.7. The van der Waals surface area contributed by atoms with Crippen molar-refractivity contribution in [2.24, 2.45) is 0 Å². The molecule has 0 unspecified atom stereocenters. The van der Waals surface area contributed by atoms with Gasteiger partial charge >= 0.3 is 0 Å². The summed E-state index contributed by atoms with van der Waals surface area (Å²) in [6.07, 6.45) is 9.30. The summed E-state index contributed by atoms with van der Waals surface area (Å²) in [4.78, 5) is 33.6. The minimum Gasteiger partial charge on any atom is -0.348 e. The average molecular weight is 426 g/mol. The molecule has 8 heteroatoms. The van der Waals surface area contributed by atoms with Gasteiger partial charge in [0.2, 0.25) is 0 Å². The second-order valence-corrected chi connectivity index (χ2v) is 7.92. The minimum absolute atomic E-state index is 0.184. The molecule has 3 heterocycles. The van der Waals surface area contributed by atoms with Gasteiger partial charge in [-0.3, -0.25) is 19.7 Å². The van der Waals surface area contributed by atoms with Crippen LogP contribution in [0.15, 0.2) is 61.1 Å². The van der Waals surface area contributed by atoms with Crippen LogP contribution in [0.4, 0.5) is 5.69 Å². The van der Waals surface area contributed by atoms with E-state index in [0.29, 0.717) is 16.8 Å². The number of hydrogen-bond donors (Lipinski definition) is 3. The number of H-pyrrole nitrogens is 1. The van der Waals surface area contributed by atoms with Crippen molar-refractivity contribution in [2.45, 2.75) is 31.7 Å². The Labute approximate surface area is 184 Å². The van der Waals surface area contributed by atoms with Gasteiger partial charge in [-0.25, -0.2) is 4.98 Å². The summed E-state index contributed by atoms with van der Waals surface area (Å²) >= 11 is 0. The Bertz CT molecular complexity index is 1260. The summed E-state index contributed by atoms with van der Waals surface area (Å²) < 4.78 is 0. The maximum Gasteiger partial charge on any atom is 0.276 e. The first-order valence-electron chi connectivity index (χ1n) is 10.6. The smallest absolute Gasteiger partial charge is 0.276 e. The van der Waals surface area contributed by atoms with Gasteiger partial charge in [-0.15, -0.1) is 0 Å². The van der Waals surface area contributed by atoms with E-state index in [9.17, 15) is 9.59 Å². The van der Waals surface area contributed by atoms with Crippen molar-refractivity contribution >= 4 is 28.4 Å². The van der Waals surface area contributed by atoms with Crippen LogP contribution in [0.2, 0.25) is 0 Å². The van der Waals surface area contributed by atoms with Crippen LogP contribution in [-0.4, -0.2) is 38.0 Å². The number of carbonyl (C=O) groups excluding carboxylic acids is 2. The van der Waals surface area contributed by atoms with Crippen LogP contribution in [0.25, 0.3) is 22.0 Å². The normalized spacial score (nSPS) is 13.9. The summed E-state index contributed by atoms with van der Waals surface area (Å²) in [6.45, 7) is 0. The number of nitrogens with one attached hydrogen (secondary N) is 3. The van der Waals surface area contributed by atoms with Crippen LogP contribution in [0.5, 0.6) is 0 Å². The van der Waals surface area contributed by atoms with E-state index in [4.69, 9.17) is 0 Å². The van der Waals surface area contributed by atoms with Gasteiger partial charge in [-0.1, -0.05) is 25.0 Å². The van der Waals surface area contributed by atoms with Crippen LogP contribution >= 0.6 is 0 Å². The molecular weight excluding hydrogens is 404 g/mol. The summed E-state index contributed by atoms with van der Waals surface area (Å²) in [7, 11) is 0. The Morgan fingerprint density at radius 1 is 0.969 bits per heavy atom. The predicted octanol–water partition coefficient (Wildman–Crippen LogP) is 3.94. The second kappa shape index (κ2) is 8.58. The van der Waals surface area contributed by atoms with Gasteiger partial charge in [0.25, 0.3) is 11.8 Å². The first kappa shape index (κ1) is 19.9. The lowest BCUT2D eigenvalue weighted by atomic mass is 10.0. The Morgan fingerprint density at radius 3 is 2.59 bits per heavy atom. The summed E-state index contributed by atoms with van der Waals surface area (Å²) in [6, 6.07) is 13.1. The molecule has 0 aliphatic heterocycles. The lowest BCUT2D eigenvalue weighted by molar-refractivity contribution is 0.0932. The Balaban J connectivity index is 1.32. The van der Waals surface area contributed by atoms with Gasteiger partial charge in [0.1, 0.15) is 5.69 Å². The van der Waals surface area contributed by atoms with Gasteiger partial charge in [0.05, 0.1) is 17.4 Å². The molecule has 2 amide bonds. The van der Waals surface area contributed by atoms with Crippen molar-refractivity contribution < 1.29 is 9.59 Å². The van der Waals surface area contributed by atoms with E-state index in [2.05, 4.69) is 30.8 Å². The zero-order valence-electron chi connectivity index (χ0n) is 17.3. The molecule has 0 radical (unpaired) electrons. The SMILES string of the molecule is O=C(NC1CCCC1)c1ccc(NC(=O)c2n[nH]c3ccc(-c4cccnc4)cc23)cn1. The van der Waals surface area contributed by atoms with Gasteiger partial charge in [-0.2, -0.15) is 5.10 Å². The highest BCUT2D eigenvalue weighted by molar-refractivity contribution is 6.11. The van der Waals surface area contributed by atoms with Crippen molar-refractivity contribution in [3.63, 3.8) is 0 Å². The average Bonchev–Trinajstić information content (AvgIpc) is 3.49. The molecule has 0 atom stereocenters. The lowest BCUT2D eigenvalue weighted by Crippen LogP contribution is -2.33.